The first kappa shape index (κ1) is 16.1. The van der Waals surface area contributed by atoms with Crippen LogP contribution in [0, 0.1) is 0 Å². The maximum Gasteiger partial charge on any atom is 0.241 e. The molecule has 3 N–H and O–H groups in total. The zero-order valence-electron chi connectivity index (χ0n) is 12.4. The van der Waals surface area contributed by atoms with E-state index in [0.29, 0.717) is 44.1 Å². The number of hydrogen-bond donors (Lipinski definition) is 2. The van der Waals surface area contributed by atoms with E-state index in [2.05, 4.69) is 4.72 Å². The molecule has 1 atom stereocenters. The monoisotopic (exact) mass is 314 g/mol. The Balaban J connectivity index is 2.27. The number of ether oxygens (including phenoxy) is 2. The zero-order chi connectivity index (χ0) is 15.5. The molecule has 0 bridgehead atoms. The van der Waals surface area contributed by atoms with Gasteiger partial charge in [-0.3, -0.25) is 0 Å². The average Bonchev–Trinajstić information content (AvgIpc) is 2.46. The molecule has 0 saturated carbocycles. The van der Waals surface area contributed by atoms with E-state index in [4.69, 9.17) is 15.2 Å². The van der Waals surface area contributed by atoms with Crippen molar-refractivity contribution in [2.45, 2.75) is 37.1 Å². The molecule has 0 amide bonds. The maximum absolute atomic E-state index is 12.5. The third kappa shape index (κ3) is 3.66. The van der Waals surface area contributed by atoms with Crippen LogP contribution in [-0.2, 0) is 10.0 Å². The van der Waals surface area contributed by atoms with E-state index < -0.39 is 15.6 Å². The Morgan fingerprint density at radius 1 is 1.29 bits per heavy atom. The molecule has 6 nitrogen and oxygen atoms in total. The van der Waals surface area contributed by atoms with Crippen LogP contribution < -0.4 is 19.9 Å². The molecular formula is C14H22N2O4S. The second-order valence-corrected chi connectivity index (χ2v) is 7.05. The molecule has 0 spiro atoms. The van der Waals surface area contributed by atoms with Crippen molar-refractivity contribution < 1.29 is 17.9 Å². The largest absolute Gasteiger partial charge is 0.486 e. The molecule has 2 rings (SSSR count). The third-order valence-corrected chi connectivity index (χ3v) is 5.32. The van der Waals surface area contributed by atoms with Crippen molar-refractivity contribution in [3.63, 3.8) is 0 Å². The van der Waals surface area contributed by atoms with Gasteiger partial charge in [-0.05, 0) is 38.4 Å². The summed E-state index contributed by atoms with van der Waals surface area (Å²) in [6.45, 7) is 5.11. The SMILES string of the molecule is CCC(C)(CCN)NS(=O)(=O)c1ccc2c(c1)OCCO2. The fourth-order valence-electron chi connectivity index (χ4n) is 2.19. The van der Waals surface area contributed by atoms with Crippen molar-refractivity contribution in [1.82, 2.24) is 4.72 Å². The Hall–Kier alpha value is -1.31. The van der Waals surface area contributed by atoms with Crippen molar-refractivity contribution in [2.75, 3.05) is 19.8 Å². The number of hydrogen-bond acceptors (Lipinski definition) is 5. The molecule has 118 valence electrons. The normalized spacial score (nSPS) is 17.3. The van der Waals surface area contributed by atoms with Crippen LogP contribution in [-0.4, -0.2) is 33.7 Å². The first-order chi connectivity index (χ1) is 9.90. The fourth-order valence-corrected chi connectivity index (χ4v) is 3.72. The smallest absolute Gasteiger partial charge is 0.241 e. The predicted octanol–water partition coefficient (Wildman–Crippen LogP) is 1.25. The third-order valence-electron chi connectivity index (χ3n) is 3.68. The molecule has 0 aliphatic carbocycles. The number of fused-ring (bicyclic) bond motifs is 1. The summed E-state index contributed by atoms with van der Waals surface area (Å²) in [6.07, 6.45) is 1.24. The summed E-state index contributed by atoms with van der Waals surface area (Å²) in [6, 6.07) is 4.64. The lowest BCUT2D eigenvalue weighted by atomic mass is 9.96. The van der Waals surface area contributed by atoms with Gasteiger partial charge in [-0.1, -0.05) is 6.92 Å². The molecule has 0 fully saturated rings. The summed E-state index contributed by atoms with van der Waals surface area (Å²) in [5.41, 5.74) is 5.01. The van der Waals surface area contributed by atoms with Gasteiger partial charge in [0.05, 0.1) is 4.90 Å². The minimum atomic E-state index is -3.63. The standard InChI is InChI=1S/C14H22N2O4S/c1-3-14(2,6-7-15)16-21(17,18)11-4-5-12-13(10-11)20-9-8-19-12/h4-5,10,16H,3,6-9,15H2,1-2H3. The van der Waals surface area contributed by atoms with Gasteiger partial charge >= 0.3 is 0 Å². The summed E-state index contributed by atoms with van der Waals surface area (Å²) in [4.78, 5) is 0.170. The van der Waals surface area contributed by atoms with Crippen LogP contribution in [0.3, 0.4) is 0 Å². The molecule has 1 unspecified atom stereocenters. The molecule has 1 heterocycles. The van der Waals surface area contributed by atoms with Crippen LogP contribution in [0.2, 0.25) is 0 Å². The van der Waals surface area contributed by atoms with Gasteiger partial charge in [0.25, 0.3) is 0 Å². The zero-order valence-corrected chi connectivity index (χ0v) is 13.2. The van der Waals surface area contributed by atoms with Gasteiger partial charge in [0.15, 0.2) is 11.5 Å². The number of rotatable bonds is 6. The van der Waals surface area contributed by atoms with Gasteiger partial charge in [0.2, 0.25) is 10.0 Å². The highest BCUT2D eigenvalue weighted by molar-refractivity contribution is 7.89. The summed E-state index contributed by atoms with van der Waals surface area (Å²) in [7, 11) is -3.63. The minimum absolute atomic E-state index is 0.170. The number of sulfonamides is 1. The van der Waals surface area contributed by atoms with Gasteiger partial charge in [0, 0.05) is 11.6 Å². The van der Waals surface area contributed by atoms with E-state index in [0.717, 1.165) is 0 Å². The van der Waals surface area contributed by atoms with Crippen molar-refractivity contribution in [2.24, 2.45) is 5.73 Å². The molecular weight excluding hydrogens is 292 g/mol. The van der Waals surface area contributed by atoms with Crippen molar-refractivity contribution in [1.29, 1.82) is 0 Å². The quantitative estimate of drug-likeness (QED) is 0.825. The van der Waals surface area contributed by atoms with Crippen LogP contribution in [0.25, 0.3) is 0 Å². The second-order valence-electron chi connectivity index (χ2n) is 5.36. The molecule has 7 heteroatoms. The van der Waals surface area contributed by atoms with E-state index in [9.17, 15) is 8.42 Å². The summed E-state index contributed by atoms with van der Waals surface area (Å²) in [5.74, 6) is 1.03. The Labute approximate surface area is 125 Å². The van der Waals surface area contributed by atoms with Gasteiger partial charge in [0.1, 0.15) is 13.2 Å². The van der Waals surface area contributed by atoms with Crippen LogP contribution in [0.5, 0.6) is 11.5 Å². The summed E-state index contributed by atoms with van der Waals surface area (Å²) < 4.78 is 38.6. The van der Waals surface area contributed by atoms with Crippen LogP contribution in [0.1, 0.15) is 26.7 Å². The lowest BCUT2D eigenvalue weighted by molar-refractivity contribution is 0.171. The molecule has 0 saturated heterocycles. The average molecular weight is 314 g/mol. The van der Waals surface area contributed by atoms with Gasteiger partial charge in [-0.2, -0.15) is 0 Å². The van der Waals surface area contributed by atoms with Crippen molar-refractivity contribution in [3.05, 3.63) is 18.2 Å². The number of nitrogens with two attached hydrogens (primary N) is 1. The topological polar surface area (TPSA) is 90.7 Å². The molecule has 1 aliphatic rings. The highest BCUT2D eigenvalue weighted by atomic mass is 32.2. The van der Waals surface area contributed by atoms with Crippen molar-refractivity contribution in [3.8, 4) is 11.5 Å². The van der Waals surface area contributed by atoms with Crippen LogP contribution in [0.15, 0.2) is 23.1 Å². The molecule has 1 aromatic rings. The molecule has 21 heavy (non-hydrogen) atoms. The first-order valence-electron chi connectivity index (χ1n) is 7.04. The Morgan fingerprint density at radius 2 is 1.95 bits per heavy atom. The highest BCUT2D eigenvalue weighted by Crippen LogP contribution is 2.32. The Kier molecular flexibility index (Phi) is 4.75. The van der Waals surface area contributed by atoms with Gasteiger partial charge in [-0.25, -0.2) is 13.1 Å². The van der Waals surface area contributed by atoms with Gasteiger partial charge < -0.3 is 15.2 Å². The van der Waals surface area contributed by atoms with E-state index in [1.165, 1.54) is 12.1 Å². The molecule has 1 aromatic carbocycles. The summed E-state index contributed by atoms with van der Waals surface area (Å²) in [5, 5.41) is 0. The van der Waals surface area contributed by atoms with Crippen molar-refractivity contribution >= 4 is 10.0 Å². The lowest BCUT2D eigenvalue weighted by Crippen LogP contribution is -2.46. The fraction of sp³-hybridized carbons (Fsp3) is 0.571. The van der Waals surface area contributed by atoms with E-state index in [1.807, 2.05) is 13.8 Å². The second kappa shape index (κ2) is 6.21. The van der Waals surface area contributed by atoms with Crippen LogP contribution >= 0.6 is 0 Å². The maximum atomic E-state index is 12.5. The highest BCUT2D eigenvalue weighted by Gasteiger charge is 2.29. The lowest BCUT2D eigenvalue weighted by Gasteiger charge is -2.29. The first-order valence-corrected chi connectivity index (χ1v) is 8.52. The van der Waals surface area contributed by atoms with E-state index in [1.54, 1.807) is 6.07 Å². The Bertz CT molecular complexity index is 603. The number of nitrogens with one attached hydrogen (secondary N) is 1. The van der Waals surface area contributed by atoms with Crippen LogP contribution in [0.4, 0.5) is 0 Å². The molecule has 1 aliphatic heterocycles. The Morgan fingerprint density at radius 3 is 2.57 bits per heavy atom. The predicted molar refractivity (Wildman–Crippen MR) is 80.1 cm³/mol. The number of benzene rings is 1. The molecule has 0 aromatic heterocycles. The minimum Gasteiger partial charge on any atom is -0.486 e. The van der Waals surface area contributed by atoms with E-state index in [-0.39, 0.29) is 4.90 Å². The van der Waals surface area contributed by atoms with E-state index >= 15 is 0 Å². The molecule has 0 radical (unpaired) electrons. The summed E-state index contributed by atoms with van der Waals surface area (Å²) >= 11 is 0. The van der Waals surface area contributed by atoms with Gasteiger partial charge in [-0.15, -0.1) is 0 Å².